The smallest absolute Gasteiger partial charge is 0.322 e. The summed E-state index contributed by atoms with van der Waals surface area (Å²) in [4.78, 5) is 22.2. The summed E-state index contributed by atoms with van der Waals surface area (Å²) < 4.78 is 11.1. The van der Waals surface area contributed by atoms with Crippen LogP contribution in [0, 0.1) is 5.92 Å². The predicted octanol–water partition coefficient (Wildman–Crippen LogP) is 3.19. The number of carbonyl (C=O) groups excluding carboxylic acids is 1. The lowest BCUT2D eigenvalue weighted by molar-refractivity contribution is -0.135. The Bertz CT molecular complexity index is 688. The van der Waals surface area contributed by atoms with Crippen molar-refractivity contribution in [3.8, 4) is 17.1 Å². The van der Waals surface area contributed by atoms with Gasteiger partial charge in [-0.15, -0.1) is 0 Å². The topological polar surface area (TPSA) is 88.8 Å². The van der Waals surface area contributed by atoms with E-state index in [1.165, 1.54) is 6.07 Å². The molecule has 1 heterocycles. The van der Waals surface area contributed by atoms with Gasteiger partial charge in [0.2, 0.25) is 0 Å². The van der Waals surface area contributed by atoms with Gasteiger partial charge in [0.1, 0.15) is 18.1 Å². The molecule has 24 heavy (non-hydrogen) atoms. The van der Waals surface area contributed by atoms with Crippen LogP contribution in [-0.2, 0) is 4.79 Å². The molecular weight excluding hydrogens is 310 g/mol. The van der Waals surface area contributed by atoms with Crippen LogP contribution in [-0.4, -0.2) is 30.1 Å². The van der Waals surface area contributed by atoms with Crippen molar-refractivity contribution in [1.82, 2.24) is 5.32 Å². The molecule has 0 atom stereocenters. The molecule has 1 aromatic heterocycles. The third kappa shape index (κ3) is 5.15. The Morgan fingerprint density at radius 2 is 1.88 bits per heavy atom. The van der Waals surface area contributed by atoms with Gasteiger partial charge >= 0.3 is 5.97 Å². The summed E-state index contributed by atoms with van der Waals surface area (Å²) in [5, 5.41) is 10.8. The fourth-order valence-corrected chi connectivity index (χ4v) is 1.99. The lowest BCUT2D eigenvalue weighted by Crippen LogP contribution is -2.28. The van der Waals surface area contributed by atoms with Gasteiger partial charge in [-0.05, 0) is 48.7 Å². The maximum absolute atomic E-state index is 11.7. The lowest BCUT2D eigenvalue weighted by atomic mass is 10.1. The minimum absolute atomic E-state index is 0.0727. The zero-order valence-electron chi connectivity index (χ0n) is 13.7. The molecule has 0 fully saturated rings. The third-order valence-corrected chi connectivity index (χ3v) is 3.33. The molecule has 0 aliphatic rings. The summed E-state index contributed by atoms with van der Waals surface area (Å²) in [7, 11) is 0. The van der Waals surface area contributed by atoms with E-state index in [9.17, 15) is 9.59 Å². The van der Waals surface area contributed by atoms with E-state index in [4.69, 9.17) is 14.3 Å². The highest BCUT2D eigenvalue weighted by atomic mass is 16.5. The number of aliphatic carboxylic acids is 1. The van der Waals surface area contributed by atoms with Crippen LogP contribution < -0.4 is 10.1 Å². The first-order valence-electron chi connectivity index (χ1n) is 7.79. The molecule has 6 nitrogen and oxygen atoms in total. The van der Waals surface area contributed by atoms with Gasteiger partial charge in [-0.2, -0.15) is 0 Å². The molecule has 2 N–H and O–H groups in total. The van der Waals surface area contributed by atoms with E-state index in [0.717, 1.165) is 17.7 Å². The average Bonchev–Trinajstić information content (AvgIpc) is 3.03. The first kappa shape index (κ1) is 17.6. The number of rotatable bonds is 8. The monoisotopic (exact) mass is 331 g/mol. The Morgan fingerprint density at radius 3 is 2.50 bits per heavy atom. The van der Waals surface area contributed by atoms with E-state index in [2.05, 4.69) is 19.2 Å². The standard InChI is InChI=1S/C18H21NO5/c1-12(2)9-10-23-14-5-3-13(4-6-14)15-7-8-16(24-15)18(22)19-11-17(20)21/h3-8,12H,9-11H2,1-2H3,(H,19,22)(H,20,21). The quantitative estimate of drug-likeness (QED) is 0.775. The molecule has 0 spiro atoms. The molecule has 0 bridgehead atoms. The molecule has 128 valence electrons. The third-order valence-electron chi connectivity index (χ3n) is 3.33. The Morgan fingerprint density at radius 1 is 1.17 bits per heavy atom. The second kappa shape index (κ2) is 8.19. The van der Waals surface area contributed by atoms with Gasteiger partial charge in [0.05, 0.1) is 6.61 Å². The van der Waals surface area contributed by atoms with Crippen LogP contribution >= 0.6 is 0 Å². The number of furan rings is 1. The maximum atomic E-state index is 11.7. The number of carbonyl (C=O) groups is 2. The van der Waals surface area contributed by atoms with Crippen molar-refractivity contribution < 1.29 is 23.8 Å². The van der Waals surface area contributed by atoms with Gasteiger partial charge in [0, 0.05) is 5.56 Å². The average molecular weight is 331 g/mol. The van der Waals surface area contributed by atoms with Crippen molar-refractivity contribution in [3.05, 3.63) is 42.2 Å². The number of amides is 1. The van der Waals surface area contributed by atoms with Crippen LogP contribution in [0.1, 0.15) is 30.8 Å². The Hall–Kier alpha value is -2.76. The summed E-state index contributed by atoms with van der Waals surface area (Å²) in [6.07, 6.45) is 0.995. The normalized spacial score (nSPS) is 10.6. The highest BCUT2D eigenvalue weighted by molar-refractivity contribution is 5.93. The van der Waals surface area contributed by atoms with E-state index >= 15 is 0 Å². The van der Waals surface area contributed by atoms with Crippen LogP contribution in [0.15, 0.2) is 40.8 Å². The Balaban J connectivity index is 1.97. The van der Waals surface area contributed by atoms with Gasteiger partial charge in [-0.3, -0.25) is 9.59 Å². The SMILES string of the molecule is CC(C)CCOc1ccc(-c2ccc(C(=O)NCC(=O)O)o2)cc1. The molecule has 1 aromatic carbocycles. The molecule has 0 radical (unpaired) electrons. The van der Waals surface area contributed by atoms with E-state index in [1.54, 1.807) is 6.07 Å². The van der Waals surface area contributed by atoms with Crippen molar-refractivity contribution >= 4 is 11.9 Å². The first-order chi connectivity index (χ1) is 11.5. The molecule has 2 aromatic rings. The van der Waals surface area contributed by atoms with Crippen LogP contribution in [0.25, 0.3) is 11.3 Å². The minimum Gasteiger partial charge on any atom is -0.494 e. The Kier molecular flexibility index (Phi) is 6.01. The van der Waals surface area contributed by atoms with Crippen molar-refractivity contribution in [2.24, 2.45) is 5.92 Å². The summed E-state index contributed by atoms with van der Waals surface area (Å²) >= 11 is 0. The van der Waals surface area contributed by atoms with Gasteiger partial charge in [-0.1, -0.05) is 13.8 Å². The molecule has 1 amide bonds. The largest absolute Gasteiger partial charge is 0.494 e. The van der Waals surface area contributed by atoms with Crippen LogP contribution in [0.4, 0.5) is 0 Å². The molecule has 0 aliphatic heterocycles. The van der Waals surface area contributed by atoms with Crippen molar-refractivity contribution in [1.29, 1.82) is 0 Å². The van der Waals surface area contributed by atoms with Gasteiger partial charge < -0.3 is 19.6 Å². The number of carboxylic acids is 1. The van der Waals surface area contributed by atoms with Crippen molar-refractivity contribution in [2.45, 2.75) is 20.3 Å². The first-order valence-corrected chi connectivity index (χ1v) is 7.79. The number of carboxylic acid groups (broad SMARTS) is 1. The fourth-order valence-electron chi connectivity index (χ4n) is 1.99. The number of ether oxygens (including phenoxy) is 1. The number of hydrogen-bond acceptors (Lipinski definition) is 4. The summed E-state index contributed by atoms with van der Waals surface area (Å²) in [6, 6.07) is 10.6. The summed E-state index contributed by atoms with van der Waals surface area (Å²) in [5.74, 6) is 0.316. The van der Waals surface area contributed by atoms with Crippen LogP contribution in [0.3, 0.4) is 0 Å². The second-order valence-corrected chi connectivity index (χ2v) is 5.80. The van der Waals surface area contributed by atoms with Crippen molar-refractivity contribution in [3.63, 3.8) is 0 Å². The summed E-state index contributed by atoms with van der Waals surface area (Å²) in [5.41, 5.74) is 0.809. The van der Waals surface area contributed by atoms with E-state index in [0.29, 0.717) is 18.3 Å². The lowest BCUT2D eigenvalue weighted by Gasteiger charge is -2.08. The molecule has 0 saturated heterocycles. The van der Waals surface area contributed by atoms with Gasteiger partial charge in [0.15, 0.2) is 5.76 Å². The maximum Gasteiger partial charge on any atom is 0.322 e. The number of benzene rings is 1. The van der Waals surface area contributed by atoms with E-state index in [1.807, 2.05) is 24.3 Å². The zero-order chi connectivity index (χ0) is 17.5. The van der Waals surface area contributed by atoms with Crippen LogP contribution in [0.2, 0.25) is 0 Å². The number of nitrogens with one attached hydrogen (secondary N) is 1. The highest BCUT2D eigenvalue weighted by Crippen LogP contribution is 2.24. The van der Waals surface area contributed by atoms with Crippen LogP contribution in [0.5, 0.6) is 5.75 Å². The van der Waals surface area contributed by atoms with Gasteiger partial charge in [0.25, 0.3) is 5.91 Å². The predicted molar refractivity (Wildman–Crippen MR) is 89.1 cm³/mol. The molecule has 0 unspecified atom stereocenters. The zero-order valence-corrected chi connectivity index (χ0v) is 13.7. The molecule has 0 aliphatic carbocycles. The highest BCUT2D eigenvalue weighted by Gasteiger charge is 2.13. The molecule has 0 saturated carbocycles. The molecular formula is C18H21NO5. The minimum atomic E-state index is -1.11. The number of hydrogen-bond donors (Lipinski definition) is 2. The Labute approximate surface area is 140 Å². The molecule has 6 heteroatoms. The van der Waals surface area contributed by atoms with E-state index < -0.39 is 18.4 Å². The van der Waals surface area contributed by atoms with Crippen molar-refractivity contribution in [2.75, 3.05) is 13.2 Å². The van der Waals surface area contributed by atoms with Gasteiger partial charge in [-0.25, -0.2) is 0 Å². The summed E-state index contributed by atoms with van der Waals surface area (Å²) in [6.45, 7) is 4.52. The molecule has 2 rings (SSSR count). The van der Waals surface area contributed by atoms with E-state index in [-0.39, 0.29) is 5.76 Å². The second-order valence-electron chi connectivity index (χ2n) is 5.80. The fraction of sp³-hybridized carbons (Fsp3) is 0.333.